The smallest absolute Gasteiger partial charge is 0.170 e. The minimum Gasteiger partial charge on any atom is -0.294 e. The first kappa shape index (κ1) is 9.92. The van der Waals surface area contributed by atoms with Crippen LogP contribution in [0.5, 0.6) is 0 Å². The number of hydrogen-bond donors (Lipinski definition) is 0. The number of ketones is 1. The molecule has 0 spiro atoms. The van der Waals surface area contributed by atoms with Crippen molar-refractivity contribution in [3.05, 3.63) is 40.7 Å². The second-order valence-electron chi connectivity index (χ2n) is 3.19. The summed E-state index contributed by atoms with van der Waals surface area (Å²) in [5.41, 5.74) is 2.32. The Morgan fingerprint density at radius 2 is 2.40 bits per heavy atom. The van der Waals surface area contributed by atoms with E-state index in [0.29, 0.717) is 17.7 Å². The van der Waals surface area contributed by atoms with Gasteiger partial charge in [0, 0.05) is 23.3 Å². The summed E-state index contributed by atoms with van der Waals surface area (Å²) in [6.07, 6.45) is 3.57. The molecule has 0 bridgehead atoms. The van der Waals surface area contributed by atoms with E-state index in [1.165, 1.54) is 11.5 Å². The first-order valence-electron chi connectivity index (χ1n) is 4.47. The van der Waals surface area contributed by atoms with E-state index >= 15 is 0 Å². The van der Waals surface area contributed by atoms with Crippen molar-refractivity contribution < 1.29 is 4.79 Å². The molecule has 0 N–H and O–H groups in total. The Balaban J connectivity index is 2.19. The molecule has 0 fully saturated rings. The Kier molecular flexibility index (Phi) is 2.82. The van der Waals surface area contributed by atoms with Crippen molar-refractivity contribution in [3.63, 3.8) is 0 Å². The van der Waals surface area contributed by atoms with Gasteiger partial charge in [-0.2, -0.15) is 0 Å². The molecule has 5 heteroatoms. The van der Waals surface area contributed by atoms with E-state index in [2.05, 4.69) is 14.6 Å². The summed E-state index contributed by atoms with van der Waals surface area (Å²) in [7, 11) is 0. The lowest BCUT2D eigenvalue weighted by Gasteiger charge is -2.01. The molecule has 0 atom stereocenters. The summed E-state index contributed by atoms with van der Waals surface area (Å²) >= 11 is 1.25. The van der Waals surface area contributed by atoms with Gasteiger partial charge in [0.25, 0.3) is 0 Å². The predicted molar refractivity (Wildman–Crippen MR) is 56.9 cm³/mol. The number of carbonyl (C=O) groups is 1. The molecule has 0 saturated carbocycles. The fourth-order valence-electron chi connectivity index (χ4n) is 1.28. The number of hydrogen-bond acceptors (Lipinski definition) is 5. The lowest BCUT2D eigenvalue weighted by atomic mass is 10.0. The van der Waals surface area contributed by atoms with Crippen LogP contribution in [0.25, 0.3) is 0 Å². The van der Waals surface area contributed by atoms with Crippen LogP contribution >= 0.6 is 11.5 Å². The van der Waals surface area contributed by atoms with Crippen LogP contribution in [0.3, 0.4) is 0 Å². The van der Waals surface area contributed by atoms with Crippen LogP contribution in [0.1, 0.15) is 21.6 Å². The predicted octanol–water partition coefficient (Wildman–Crippen LogP) is 1.67. The molecular formula is C10H9N3OS. The molecule has 4 nitrogen and oxygen atoms in total. The van der Waals surface area contributed by atoms with Crippen LogP contribution in [0.2, 0.25) is 0 Å². The zero-order valence-electron chi connectivity index (χ0n) is 8.17. The van der Waals surface area contributed by atoms with Gasteiger partial charge >= 0.3 is 0 Å². The Bertz CT molecular complexity index is 467. The van der Waals surface area contributed by atoms with Gasteiger partial charge in [-0.25, -0.2) is 0 Å². The van der Waals surface area contributed by atoms with Crippen molar-refractivity contribution >= 4 is 17.3 Å². The molecule has 2 aromatic rings. The molecule has 15 heavy (non-hydrogen) atoms. The van der Waals surface area contributed by atoms with Gasteiger partial charge in [0.2, 0.25) is 0 Å². The summed E-state index contributed by atoms with van der Waals surface area (Å²) in [5.74, 6) is 0.0355. The van der Waals surface area contributed by atoms with Gasteiger partial charge in [0.1, 0.15) is 0 Å². The Morgan fingerprint density at radius 3 is 3.07 bits per heavy atom. The molecule has 2 heterocycles. The zero-order chi connectivity index (χ0) is 10.7. The van der Waals surface area contributed by atoms with Gasteiger partial charge in [-0.05, 0) is 30.1 Å². The number of Topliss-reactive ketones (excluding diaryl/α,β-unsaturated/α-hetero) is 1. The van der Waals surface area contributed by atoms with E-state index < -0.39 is 0 Å². The number of pyridine rings is 1. The van der Waals surface area contributed by atoms with Crippen molar-refractivity contribution in [2.75, 3.05) is 0 Å². The number of carbonyl (C=O) groups excluding carboxylic acids is 1. The van der Waals surface area contributed by atoms with Crippen molar-refractivity contribution in [1.29, 1.82) is 0 Å². The fourth-order valence-corrected chi connectivity index (χ4v) is 1.73. The van der Waals surface area contributed by atoms with E-state index in [4.69, 9.17) is 0 Å². The highest BCUT2D eigenvalue weighted by Gasteiger charge is 2.11. The summed E-state index contributed by atoms with van der Waals surface area (Å²) in [4.78, 5) is 15.8. The highest BCUT2D eigenvalue weighted by atomic mass is 32.1. The van der Waals surface area contributed by atoms with Crippen LogP contribution in [0.15, 0.2) is 23.8 Å². The molecule has 0 aromatic carbocycles. The van der Waals surface area contributed by atoms with Crippen molar-refractivity contribution in [3.8, 4) is 0 Å². The highest BCUT2D eigenvalue weighted by molar-refractivity contribution is 7.03. The van der Waals surface area contributed by atoms with Crippen LogP contribution < -0.4 is 0 Å². The van der Waals surface area contributed by atoms with Gasteiger partial charge in [0.05, 0.1) is 12.1 Å². The van der Waals surface area contributed by atoms with Crippen LogP contribution in [0.4, 0.5) is 0 Å². The second kappa shape index (κ2) is 4.27. The maximum absolute atomic E-state index is 11.8. The Hall–Kier alpha value is -1.62. The number of aromatic nitrogens is 3. The van der Waals surface area contributed by atoms with Crippen molar-refractivity contribution in [1.82, 2.24) is 14.6 Å². The average Bonchev–Trinajstić information content (AvgIpc) is 2.71. The van der Waals surface area contributed by atoms with E-state index in [0.717, 1.165) is 5.56 Å². The molecular weight excluding hydrogens is 210 g/mol. The standard InChI is InChI=1S/C10H9N3OS/c1-7-2-3-11-5-9(7)10(14)4-8-6-15-13-12-8/h2-3,5-6H,4H2,1H3. The van der Waals surface area contributed by atoms with Crippen LogP contribution in [0, 0.1) is 6.92 Å². The lowest BCUT2D eigenvalue weighted by molar-refractivity contribution is 0.0991. The fraction of sp³-hybridized carbons (Fsp3) is 0.200. The van der Waals surface area contributed by atoms with Crippen molar-refractivity contribution in [2.45, 2.75) is 13.3 Å². The third-order valence-corrected chi connectivity index (χ3v) is 2.64. The Labute approximate surface area is 91.2 Å². The molecule has 0 radical (unpaired) electrons. The van der Waals surface area contributed by atoms with E-state index in [1.54, 1.807) is 17.8 Å². The molecule has 0 amide bonds. The summed E-state index contributed by atoms with van der Waals surface area (Å²) in [5, 5.41) is 5.62. The molecule has 0 saturated heterocycles. The van der Waals surface area contributed by atoms with Crippen molar-refractivity contribution in [2.24, 2.45) is 0 Å². The first-order chi connectivity index (χ1) is 7.27. The number of nitrogens with zero attached hydrogens (tertiary/aromatic N) is 3. The zero-order valence-corrected chi connectivity index (χ0v) is 8.99. The SMILES string of the molecule is Cc1ccncc1C(=O)Cc1csnn1. The maximum Gasteiger partial charge on any atom is 0.170 e. The van der Waals surface area contributed by atoms with E-state index in [-0.39, 0.29) is 5.78 Å². The molecule has 2 aromatic heterocycles. The highest BCUT2D eigenvalue weighted by Crippen LogP contribution is 2.09. The monoisotopic (exact) mass is 219 g/mol. The molecule has 76 valence electrons. The quantitative estimate of drug-likeness (QED) is 0.737. The second-order valence-corrected chi connectivity index (χ2v) is 3.80. The molecule has 2 rings (SSSR count). The summed E-state index contributed by atoms with van der Waals surface area (Å²) in [6.45, 7) is 1.90. The first-order valence-corrected chi connectivity index (χ1v) is 5.31. The third-order valence-electron chi connectivity index (χ3n) is 2.09. The molecule has 0 aliphatic rings. The van der Waals surface area contributed by atoms with E-state index in [9.17, 15) is 4.79 Å². The third kappa shape index (κ3) is 2.24. The largest absolute Gasteiger partial charge is 0.294 e. The number of rotatable bonds is 3. The average molecular weight is 219 g/mol. The topological polar surface area (TPSA) is 55.7 Å². The normalized spacial score (nSPS) is 10.2. The van der Waals surface area contributed by atoms with Crippen LogP contribution in [-0.4, -0.2) is 20.4 Å². The Morgan fingerprint density at radius 1 is 1.53 bits per heavy atom. The van der Waals surface area contributed by atoms with Crippen LogP contribution in [-0.2, 0) is 6.42 Å². The van der Waals surface area contributed by atoms with Gasteiger partial charge in [0.15, 0.2) is 5.78 Å². The summed E-state index contributed by atoms with van der Waals surface area (Å²) in [6, 6.07) is 1.83. The minimum absolute atomic E-state index is 0.0355. The maximum atomic E-state index is 11.8. The molecule has 0 unspecified atom stereocenters. The molecule has 0 aliphatic heterocycles. The van der Waals surface area contributed by atoms with Gasteiger partial charge in [-0.1, -0.05) is 4.49 Å². The van der Waals surface area contributed by atoms with Gasteiger partial charge < -0.3 is 0 Å². The summed E-state index contributed by atoms with van der Waals surface area (Å²) < 4.78 is 3.72. The molecule has 0 aliphatic carbocycles. The van der Waals surface area contributed by atoms with Gasteiger partial charge in [-0.15, -0.1) is 5.10 Å². The minimum atomic E-state index is 0.0355. The number of aryl methyl sites for hydroxylation is 1. The van der Waals surface area contributed by atoms with E-state index in [1.807, 2.05) is 13.0 Å². The lowest BCUT2D eigenvalue weighted by Crippen LogP contribution is -2.06. The van der Waals surface area contributed by atoms with Gasteiger partial charge in [-0.3, -0.25) is 9.78 Å².